The standard InChI is InChI=1S/C28H44O3/c1-16(2)17(3)7-8-18(4)20-9-10-21-23-22(12-13-26(20,21)5)27(6)14-11-19(29)15-28(27)25(31-28)24(23)30/h7-8,16-21,24-25,29-30H,9-15H2,1-6H3/t17-,18-,19+,20-,21+,24+,25+,26-,27-,28+/m1/s1. The largest absolute Gasteiger partial charge is 0.393 e. The Morgan fingerprint density at radius 3 is 2.45 bits per heavy atom. The van der Waals surface area contributed by atoms with Crippen molar-refractivity contribution in [2.45, 2.75) is 110 Å². The van der Waals surface area contributed by atoms with Crippen molar-refractivity contribution in [1.29, 1.82) is 0 Å². The molecule has 2 saturated carbocycles. The molecule has 2 N–H and O–H groups in total. The van der Waals surface area contributed by atoms with Gasteiger partial charge in [-0.3, -0.25) is 0 Å². The summed E-state index contributed by atoms with van der Waals surface area (Å²) >= 11 is 0. The molecule has 1 spiro atoms. The summed E-state index contributed by atoms with van der Waals surface area (Å²) in [5.74, 6) is 3.05. The molecule has 5 aliphatic rings. The van der Waals surface area contributed by atoms with Crippen LogP contribution in [0.5, 0.6) is 0 Å². The van der Waals surface area contributed by atoms with E-state index in [9.17, 15) is 10.2 Å². The van der Waals surface area contributed by atoms with Crippen molar-refractivity contribution in [3.63, 3.8) is 0 Å². The molecule has 31 heavy (non-hydrogen) atoms. The summed E-state index contributed by atoms with van der Waals surface area (Å²) in [4.78, 5) is 0. The number of aliphatic hydroxyl groups is 2. The van der Waals surface area contributed by atoms with Crippen LogP contribution in [-0.4, -0.2) is 34.1 Å². The van der Waals surface area contributed by atoms with Gasteiger partial charge in [0.25, 0.3) is 0 Å². The molecule has 3 nitrogen and oxygen atoms in total. The Bertz CT molecular complexity index is 798. The van der Waals surface area contributed by atoms with Crippen molar-refractivity contribution in [3.05, 3.63) is 23.3 Å². The van der Waals surface area contributed by atoms with Crippen LogP contribution in [0.2, 0.25) is 0 Å². The Morgan fingerprint density at radius 2 is 1.74 bits per heavy atom. The van der Waals surface area contributed by atoms with Crippen molar-refractivity contribution >= 4 is 0 Å². The van der Waals surface area contributed by atoms with Gasteiger partial charge in [0.05, 0.1) is 6.10 Å². The predicted octanol–water partition coefficient (Wildman–Crippen LogP) is 5.66. The summed E-state index contributed by atoms with van der Waals surface area (Å²) in [7, 11) is 0. The lowest BCUT2D eigenvalue weighted by Gasteiger charge is -2.54. The molecular formula is C28H44O3. The molecule has 174 valence electrons. The van der Waals surface area contributed by atoms with Crippen LogP contribution < -0.4 is 0 Å². The first-order valence-electron chi connectivity index (χ1n) is 13.0. The first kappa shape index (κ1) is 22.2. The molecule has 0 bridgehead atoms. The van der Waals surface area contributed by atoms with Crippen molar-refractivity contribution < 1.29 is 14.9 Å². The van der Waals surface area contributed by atoms with Crippen molar-refractivity contribution in [3.8, 4) is 0 Å². The van der Waals surface area contributed by atoms with Gasteiger partial charge >= 0.3 is 0 Å². The Morgan fingerprint density at radius 1 is 1.00 bits per heavy atom. The van der Waals surface area contributed by atoms with Crippen LogP contribution in [-0.2, 0) is 4.74 Å². The number of allylic oxidation sites excluding steroid dienone is 2. The van der Waals surface area contributed by atoms with E-state index in [0.29, 0.717) is 36.0 Å². The smallest absolute Gasteiger partial charge is 0.118 e. The molecule has 0 aromatic carbocycles. The first-order valence-corrected chi connectivity index (χ1v) is 13.0. The number of rotatable bonds is 4. The lowest BCUT2D eigenvalue weighted by atomic mass is 9.50. The van der Waals surface area contributed by atoms with Crippen molar-refractivity contribution in [2.24, 2.45) is 40.4 Å². The summed E-state index contributed by atoms with van der Waals surface area (Å²) in [5, 5.41) is 21.9. The monoisotopic (exact) mass is 428 g/mol. The maximum atomic E-state index is 11.5. The number of hydrogen-bond donors (Lipinski definition) is 2. The van der Waals surface area contributed by atoms with Gasteiger partial charge in [-0.1, -0.05) is 59.3 Å². The zero-order valence-corrected chi connectivity index (χ0v) is 20.5. The van der Waals surface area contributed by atoms with E-state index in [1.54, 1.807) is 0 Å². The highest BCUT2D eigenvalue weighted by Gasteiger charge is 2.76. The van der Waals surface area contributed by atoms with Crippen molar-refractivity contribution in [2.75, 3.05) is 0 Å². The van der Waals surface area contributed by atoms with Crippen LogP contribution in [0.25, 0.3) is 0 Å². The minimum atomic E-state index is -0.469. The second-order valence-corrected chi connectivity index (χ2v) is 12.6. The van der Waals surface area contributed by atoms with E-state index in [1.807, 2.05) is 0 Å². The van der Waals surface area contributed by atoms with Gasteiger partial charge in [0.2, 0.25) is 0 Å². The van der Waals surface area contributed by atoms with Crippen LogP contribution in [0.15, 0.2) is 23.3 Å². The van der Waals surface area contributed by atoms with Gasteiger partial charge in [-0.05, 0) is 79.1 Å². The SMILES string of the molecule is CC(C)[C@H](C)C=C[C@@H](C)[C@H]1CC[C@H]2C3=C(CC[C@]12C)[C@@]1(C)CC[C@H](O)C[C@@]12O[C@H]2[C@H]3O. The molecular weight excluding hydrogens is 384 g/mol. The molecule has 5 rings (SSSR count). The van der Waals surface area contributed by atoms with Gasteiger partial charge in [-0.25, -0.2) is 0 Å². The molecule has 0 amide bonds. The Kier molecular flexibility index (Phi) is 5.13. The van der Waals surface area contributed by atoms with Crippen molar-refractivity contribution in [1.82, 2.24) is 0 Å². The van der Waals surface area contributed by atoms with E-state index in [1.165, 1.54) is 30.4 Å². The third-order valence-electron chi connectivity index (χ3n) is 10.9. The minimum absolute atomic E-state index is 0.00307. The molecule has 3 fully saturated rings. The number of ether oxygens (including phenoxy) is 1. The molecule has 1 heterocycles. The van der Waals surface area contributed by atoms with Crippen LogP contribution in [0.3, 0.4) is 0 Å². The maximum absolute atomic E-state index is 11.5. The number of hydrogen-bond acceptors (Lipinski definition) is 3. The van der Waals surface area contributed by atoms with Gasteiger partial charge < -0.3 is 14.9 Å². The Balaban J connectivity index is 1.45. The second kappa shape index (κ2) is 7.18. The Labute approximate surface area is 189 Å². The molecule has 0 aromatic heterocycles. The topological polar surface area (TPSA) is 53.0 Å². The van der Waals surface area contributed by atoms with E-state index < -0.39 is 6.10 Å². The van der Waals surface area contributed by atoms with Gasteiger partial charge in [0, 0.05) is 11.8 Å². The van der Waals surface area contributed by atoms with Crippen LogP contribution in [0.1, 0.15) is 86.5 Å². The van der Waals surface area contributed by atoms with Gasteiger partial charge in [0.15, 0.2) is 0 Å². The lowest BCUT2D eigenvalue weighted by Crippen LogP contribution is -2.55. The van der Waals surface area contributed by atoms with Gasteiger partial charge in [0.1, 0.15) is 17.8 Å². The van der Waals surface area contributed by atoms with Crippen LogP contribution >= 0.6 is 0 Å². The van der Waals surface area contributed by atoms with E-state index in [4.69, 9.17) is 4.74 Å². The highest BCUT2D eigenvalue weighted by Crippen LogP contribution is 2.72. The van der Waals surface area contributed by atoms with E-state index in [2.05, 4.69) is 53.7 Å². The molecule has 0 aromatic rings. The highest BCUT2D eigenvalue weighted by molar-refractivity contribution is 5.45. The maximum Gasteiger partial charge on any atom is 0.118 e. The van der Waals surface area contributed by atoms with Crippen LogP contribution in [0, 0.1) is 40.4 Å². The Hall–Kier alpha value is -0.640. The zero-order valence-electron chi connectivity index (χ0n) is 20.5. The number of epoxide rings is 1. The van der Waals surface area contributed by atoms with E-state index >= 15 is 0 Å². The zero-order chi connectivity index (χ0) is 22.3. The quantitative estimate of drug-likeness (QED) is 0.449. The molecule has 0 radical (unpaired) electrons. The molecule has 1 aliphatic heterocycles. The summed E-state index contributed by atoms with van der Waals surface area (Å²) < 4.78 is 6.33. The summed E-state index contributed by atoms with van der Waals surface area (Å²) in [5.41, 5.74) is 2.84. The van der Waals surface area contributed by atoms with Gasteiger partial charge in [-0.2, -0.15) is 0 Å². The number of fused-ring (bicyclic) bond motifs is 3. The fraction of sp³-hybridized carbons (Fsp3) is 0.857. The molecule has 1 saturated heterocycles. The minimum Gasteiger partial charge on any atom is -0.393 e. The van der Waals surface area contributed by atoms with Crippen LogP contribution in [0.4, 0.5) is 0 Å². The molecule has 10 atom stereocenters. The third-order valence-corrected chi connectivity index (χ3v) is 10.9. The first-order chi connectivity index (χ1) is 14.5. The predicted molar refractivity (Wildman–Crippen MR) is 124 cm³/mol. The molecule has 4 aliphatic carbocycles. The van der Waals surface area contributed by atoms with E-state index in [0.717, 1.165) is 19.3 Å². The number of aliphatic hydroxyl groups excluding tert-OH is 2. The fourth-order valence-corrected chi connectivity index (χ4v) is 8.47. The normalized spacial score (nSPS) is 50.7. The molecule has 3 heteroatoms. The summed E-state index contributed by atoms with van der Waals surface area (Å²) in [6.07, 6.45) is 11.4. The second-order valence-electron chi connectivity index (χ2n) is 12.6. The summed E-state index contributed by atoms with van der Waals surface area (Å²) in [6.45, 7) is 14.3. The fourth-order valence-electron chi connectivity index (χ4n) is 8.47. The average molecular weight is 429 g/mol. The summed E-state index contributed by atoms with van der Waals surface area (Å²) in [6, 6.07) is 0. The molecule has 0 unspecified atom stereocenters. The van der Waals surface area contributed by atoms with E-state index in [-0.39, 0.29) is 28.6 Å². The average Bonchev–Trinajstić information content (AvgIpc) is 3.34. The highest BCUT2D eigenvalue weighted by atomic mass is 16.6. The lowest BCUT2D eigenvalue weighted by molar-refractivity contribution is -0.000636. The van der Waals surface area contributed by atoms with Gasteiger partial charge in [-0.15, -0.1) is 0 Å². The third kappa shape index (κ3) is 2.95.